The normalized spacial score (nSPS) is 15.1. The first-order chi connectivity index (χ1) is 12.2. The van der Waals surface area contributed by atoms with Gasteiger partial charge >= 0.3 is 0 Å². The second-order valence-corrected chi connectivity index (χ2v) is 6.47. The molecular weight excluding hydrogens is 320 g/mol. The van der Waals surface area contributed by atoms with Gasteiger partial charge in [-0.2, -0.15) is 5.10 Å². The van der Waals surface area contributed by atoms with Gasteiger partial charge in [0.15, 0.2) is 11.6 Å². The van der Waals surface area contributed by atoms with Crippen molar-refractivity contribution >= 4 is 22.9 Å². The Labute approximate surface area is 145 Å². The van der Waals surface area contributed by atoms with Crippen LogP contribution in [-0.4, -0.2) is 42.6 Å². The highest BCUT2D eigenvalue weighted by molar-refractivity contribution is 5.74. The van der Waals surface area contributed by atoms with Crippen molar-refractivity contribution in [1.29, 1.82) is 0 Å². The van der Waals surface area contributed by atoms with Gasteiger partial charge in [0.05, 0.1) is 6.20 Å². The number of hydrogen-bond acceptors (Lipinski definition) is 8. The summed E-state index contributed by atoms with van der Waals surface area (Å²) in [6.45, 7) is 3.59. The molecule has 3 heterocycles. The van der Waals surface area contributed by atoms with E-state index in [1.54, 1.807) is 4.68 Å². The number of rotatable bonds is 6. The molecule has 4 rings (SSSR count). The summed E-state index contributed by atoms with van der Waals surface area (Å²) in [6, 6.07) is 0.433. The average molecular weight is 342 g/mol. The zero-order chi connectivity index (χ0) is 17.2. The van der Waals surface area contributed by atoms with Gasteiger partial charge in [-0.3, -0.25) is 4.68 Å². The van der Waals surface area contributed by atoms with Crippen LogP contribution in [0.4, 0.5) is 11.6 Å². The second kappa shape index (κ2) is 6.66. The highest BCUT2D eigenvalue weighted by Gasteiger charge is 2.22. The fourth-order valence-corrected chi connectivity index (χ4v) is 3.32. The van der Waals surface area contributed by atoms with Crippen molar-refractivity contribution in [3.63, 3.8) is 0 Å². The van der Waals surface area contributed by atoms with E-state index in [0.717, 1.165) is 36.6 Å². The van der Waals surface area contributed by atoms with Crippen molar-refractivity contribution in [2.75, 3.05) is 16.8 Å². The summed E-state index contributed by atoms with van der Waals surface area (Å²) in [6.07, 6.45) is 8.70. The number of aromatic nitrogens is 6. The minimum Gasteiger partial charge on any atom is -0.364 e. The molecular formula is C16H22N8O. The lowest BCUT2D eigenvalue weighted by Crippen LogP contribution is -2.26. The Morgan fingerprint density at radius 1 is 1.24 bits per heavy atom. The number of anilines is 2. The van der Waals surface area contributed by atoms with Crippen LogP contribution in [0.2, 0.25) is 0 Å². The van der Waals surface area contributed by atoms with Gasteiger partial charge in [0.2, 0.25) is 11.3 Å². The zero-order valence-corrected chi connectivity index (χ0v) is 14.5. The Balaban J connectivity index is 1.68. The summed E-state index contributed by atoms with van der Waals surface area (Å²) in [5.74, 6) is 1.53. The number of nitrogens with one attached hydrogen (secondary N) is 1. The molecule has 0 spiro atoms. The standard InChI is InChI=1S/C16H22N8O/c1-3-24(10-11-8-17-23(2)9-11)16-15(18-12-6-4-5-7-12)19-13-14(20-16)22-25-21-13/h8-9,12H,3-7,10H2,1-2H3,(H,18,19,21). The van der Waals surface area contributed by atoms with E-state index < -0.39 is 0 Å². The molecule has 9 nitrogen and oxygen atoms in total. The van der Waals surface area contributed by atoms with Gasteiger partial charge in [-0.15, -0.1) is 0 Å². The van der Waals surface area contributed by atoms with Crippen LogP contribution in [0, 0.1) is 0 Å². The molecule has 1 N–H and O–H groups in total. The van der Waals surface area contributed by atoms with Gasteiger partial charge in [-0.05, 0) is 30.1 Å². The number of aryl methyl sites for hydroxylation is 1. The van der Waals surface area contributed by atoms with Crippen molar-refractivity contribution in [3.8, 4) is 0 Å². The Kier molecular flexibility index (Phi) is 4.21. The number of nitrogens with zero attached hydrogens (tertiary/aromatic N) is 7. The lowest BCUT2D eigenvalue weighted by Gasteiger charge is -2.24. The van der Waals surface area contributed by atoms with Gasteiger partial charge in [0, 0.05) is 37.9 Å². The second-order valence-electron chi connectivity index (χ2n) is 6.47. The molecule has 0 saturated heterocycles. The third kappa shape index (κ3) is 3.26. The maximum atomic E-state index is 4.80. The third-order valence-corrected chi connectivity index (χ3v) is 4.60. The molecule has 0 aliphatic heterocycles. The first kappa shape index (κ1) is 15.8. The molecule has 1 saturated carbocycles. The molecule has 0 aromatic carbocycles. The fourth-order valence-electron chi connectivity index (χ4n) is 3.32. The van der Waals surface area contributed by atoms with Crippen LogP contribution in [0.25, 0.3) is 11.3 Å². The van der Waals surface area contributed by atoms with Gasteiger partial charge in [0.25, 0.3) is 0 Å². The lowest BCUT2D eigenvalue weighted by atomic mass is 10.2. The van der Waals surface area contributed by atoms with Gasteiger partial charge in [0.1, 0.15) is 0 Å². The summed E-state index contributed by atoms with van der Waals surface area (Å²) >= 11 is 0. The Morgan fingerprint density at radius 3 is 2.68 bits per heavy atom. The molecule has 0 radical (unpaired) electrons. The molecule has 0 atom stereocenters. The van der Waals surface area contributed by atoms with Crippen LogP contribution in [0.3, 0.4) is 0 Å². The minimum atomic E-state index is 0.427. The zero-order valence-electron chi connectivity index (χ0n) is 14.5. The molecule has 0 unspecified atom stereocenters. The summed E-state index contributed by atoms with van der Waals surface area (Å²) in [4.78, 5) is 11.4. The molecule has 0 amide bonds. The lowest BCUT2D eigenvalue weighted by molar-refractivity contribution is 0.314. The third-order valence-electron chi connectivity index (χ3n) is 4.60. The van der Waals surface area contributed by atoms with E-state index in [-0.39, 0.29) is 0 Å². The van der Waals surface area contributed by atoms with E-state index in [1.165, 1.54) is 12.8 Å². The summed E-state index contributed by atoms with van der Waals surface area (Å²) in [7, 11) is 1.92. The van der Waals surface area contributed by atoms with Crippen molar-refractivity contribution in [3.05, 3.63) is 18.0 Å². The Morgan fingerprint density at radius 2 is 2.00 bits per heavy atom. The molecule has 1 aliphatic rings. The first-order valence-electron chi connectivity index (χ1n) is 8.72. The predicted octanol–water partition coefficient (Wildman–Crippen LogP) is 2.13. The molecule has 3 aromatic heterocycles. The van der Waals surface area contributed by atoms with Crippen molar-refractivity contribution < 1.29 is 4.63 Å². The van der Waals surface area contributed by atoms with Crippen LogP contribution >= 0.6 is 0 Å². The van der Waals surface area contributed by atoms with E-state index in [2.05, 4.69) is 42.5 Å². The number of hydrogen-bond donors (Lipinski definition) is 1. The smallest absolute Gasteiger partial charge is 0.245 e. The summed E-state index contributed by atoms with van der Waals surface area (Å²) in [5.41, 5.74) is 1.98. The molecule has 132 valence electrons. The molecule has 1 aliphatic carbocycles. The van der Waals surface area contributed by atoms with Gasteiger partial charge < -0.3 is 10.2 Å². The summed E-state index contributed by atoms with van der Waals surface area (Å²) in [5, 5.41) is 15.5. The van der Waals surface area contributed by atoms with Crippen molar-refractivity contribution in [2.24, 2.45) is 7.05 Å². The van der Waals surface area contributed by atoms with Gasteiger partial charge in [-0.25, -0.2) is 14.6 Å². The first-order valence-corrected chi connectivity index (χ1v) is 8.72. The van der Waals surface area contributed by atoms with Crippen LogP contribution in [-0.2, 0) is 13.6 Å². The minimum absolute atomic E-state index is 0.427. The van der Waals surface area contributed by atoms with E-state index in [4.69, 9.17) is 4.63 Å². The average Bonchev–Trinajstić information content (AvgIpc) is 3.34. The van der Waals surface area contributed by atoms with Crippen LogP contribution in [0.5, 0.6) is 0 Å². The molecule has 25 heavy (non-hydrogen) atoms. The molecule has 1 fully saturated rings. The van der Waals surface area contributed by atoms with Crippen LogP contribution in [0.1, 0.15) is 38.2 Å². The molecule has 9 heteroatoms. The van der Waals surface area contributed by atoms with E-state index in [0.29, 0.717) is 23.9 Å². The Bertz CT molecular complexity index is 851. The largest absolute Gasteiger partial charge is 0.364 e. The van der Waals surface area contributed by atoms with E-state index in [9.17, 15) is 0 Å². The summed E-state index contributed by atoms with van der Waals surface area (Å²) < 4.78 is 6.60. The number of fused-ring (bicyclic) bond motifs is 1. The van der Waals surface area contributed by atoms with Crippen LogP contribution < -0.4 is 10.2 Å². The van der Waals surface area contributed by atoms with Crippen molar-refractivity contribution in [1.82, 2.24) is 30.1 Å². The fraction of sp³-hybridized carbons (Fsp3) is 0.562. The Hall–Kier alpha value is -2.71. The van der Waals surface area contributed by atoms with Crippen LogP contribution in [0.15, 0.2) is 17.0 Å². The van der Waals surface area contributed by atoms with E-state index >= 15 is 0 Å². The topological polar surface area (TPSA) is 97.8 Å². The SMILES string of the molecule is CCN(Cc1cnn(C)c1)c1nc2nonc2nc1NC1CCCC1. The quantitative estimate of drug-likeness (QED) is 0.727. The monoisotopic (exact) mass is 342 g/mol. The maximum absolute atomic E-state index is 4.80. The van der Waals surface area contributed by atoms with Crippen molar-refractivity contribution in [2.45, 2.75) is 45.2 Å². The maximum Gasteiger partial charge on any atom is 0.245 e. The van der Waals surface area contributed by atoms with Gasteiger partial charge in [-0.1, -0.05) is 12.8 Å². The highest BCUT2D eigenvalue weighted by Crippen LogP contribution is 2.29. The highest BCUT2D eigenvalue weighted by atomic mass is 16.6. The molecule has 3 aromatic rings. The molecule has 0 bridgehead atoms. The predicted molar refractivity (Wildman–Crippen MR) is 93.2 cm³/mol. The van der Waals surface area contributed by atoms with E-state index in [1.807, 2.05) is 19.4 Å².